The van der Waals surface area contributed by atoms with Gasteiger partial charge in [0, 0.05) is 19.4 Å². The number of carbonyl (C=O) groups is 2. The fourth-order valence-corrected chi connectivity index (χ4v) is 3.88. The lowest BCUT2D eigenvalue weighted by Gasteiger charge is -2.06. The Morgan fingerprint density at radius 1 is 0.455 bits per heavy atom. The number of unbranched alkanes of at least 4 members (excludes halogenated alkanes) is 16. The van der Waals surface area contributed by atoms with Crippen molar-refractivity contribution in [2.24, 2.45) is 0 Å². The van der Waals surface area contributed by atoms with E-state index in [4.69, 9.17) is 14.2 Å². The second kappa shape index (κ2) is 27.1. The highest BCUT2D eigenvalue weighted by molar-refractivity contribution is 5.69. The van der Waals surface area contributed by atoms with Crippen molar-refractivity contribution in [3.8, 4) is 0 Å². The van der Waals surface area contributed by atoms with Crippen LogP contribution in [0.15, 0.2) is 0 Å². The molecule has 5 heteroatoms. The van der Waals surface area contributed by atoms with Gasteiger partial charge in [0.25, 0.3) is 0 Å². The average molecular weight is 471 g/mol. The Kier molecular flexibility index (Phi) is 26.2. The summed E-state index contributed by atoms with van der Waals surface area (Å²) in [6, 6.07) is 0. The van der Waals surface area contributed by atoms with Crippen LogP contribution in [0.25, 0.3) is 0 Å². The van der Waals surface area contributed by atoms with Gasteiger partial charge in [0.05, 0.1) is 13.2 Å². The SMILES string of the molecule is CCCCCCCCCCCCCCOC(=O)CCCCCCCCC(=O)OCCOCC. The van der Waals surface area contributed by atoms with Crippen LogP contribution in [0.4, 0.5) is 0 Å². The van der Waals surface area contributed by atoms with E-state index in [1.807, 2.05) is 6.92 Å². The Bertz CT molecular complexity index is 425. The zero-order chi connectivity index (χ0) is 24.2. The second-order valence-corrected chi connectivity index (χ2v) is 9.15. The molecule has 0 unspecified atom stereocenters. The molecule has 0 saturated carbocycles. The van der Waals surface area contributed by atoms with Gasteiger partial charge in [0.1, 0.15) is 6.61 Å². The molecule has 0 N–H and O–H groups in total. The maximum atomic E-state index is 11.8. The summed E-state index contributed by atoms with van der Waals surface area (Å²) in [6.45, 7) is 6.24. The van der Waals surface area contributed by atoms with E-state index in [1.54, 1.807) is 0 Å². The fourth-order valence-electron chi connectivity index (χ4n) is 3.88. The number of hydrogen-bond acceptors (Lipinski definition) is 5. The summed E-state index contributed by atoms with van der Waals surface area (Å²) >= 11 is 0. The molecule has 33 heavy (non-hydrogen) atoms. The smallest absolute Gasteiger partial charge is 0.305 e. The van der Waals surface area contributed by atoms with Crippen LogP contribution in [0, 0.1) is 0 Å². The number of carbonyl (C=O) groups excluding carboxylic acids is 2. The van der Waals surface area contributed by atoms with E-state index in [0.29, 0.717) is 39.3 Å². The minimum atomic E-state index is -0.134. The molecule has 0 radical (unpaired) electrons. The van der Waals surface area contributed by atoms with Crippen molar-refractivity contribution in [3.63, 3.8) is 0 Å². The number of hydrogen-bond donors (Lipinski definition) is 0. The maximum absolute atomic E-state index is 11.8. The van der Waals surface area contributed by atoms with Crippen LogP contribution >= 0.6 is 0 Å². The van der Waals surface area contributed by atoms with Crippen molar-refractivity contribution < 1.29 is 23.8 Å². The standard InChI is InChI=1S/C28H54O5/c1-3-5-6-7-8-9-10-11-12-15-18-21-24-32-27(29)22-19-16-13-14-17-20-23-28(30)33-26-25-31-4-2/h3-26H2,1-2H3. The molecule has 0 aromatic carbocycles. The molecule has 0 fully saturated rings. The van der Waals surface area contributed by atoms with Gasteiger partial charge in [0.2, 0.25) is 0 Å². The van der Waals surface area contributed by atoms with E-state index in [-0.39, 0.29) is 11.9 Å². The van der Waals surface area contributed by atoms with Crippen LogP contribution in [0.2, 0.25) is 0 Å². The van der Waals surface area contributed by atoms with Crippen LogP contribution in [-0.4, -0.2) is 38.4 Å². The minimum Gasteiger partial charge on any atom is -0.466 e. The van der Waals surface area contributed by atoms with E-state index in [1.165, 1.54) is 70.6 Å². The normalized spacial score (nSPS) is 11.0. The Labute approximate surface area is 204 Å². The molecule has 0 aromatic rings. The van der Waals surface area contributed by atoms with Crippen molar-refractivity contribution >= 4 is 11.9 Å². The summed E-state index contributed by atoms with van der Waals surface area (Å²) in [7, 11) is 0. The molecule has 0 aliphatic heterocycles. The van der Waals surface area contributed by atoms with Crippen molar-refractivity contribution in [2.45, 2.75) is 142 Å². The van der Waals surface area contributed by atoms with E-state index in [2.05, 4.69) is 6.92 Å². The molecule has 0 saturated heterocycles. The third kappa shape index (κ3) is 27.0. The van der Waals surface area contributed by atoms with Crippen molar-refractivity contribution in [3.05, 3.63) is 0 Å². The monoisotopic (exact) mass is 470 g/mol. The molecular formula is C28H54O5. The summed E-state index contributed by atoms with van der Waals surface area (Å²) in [5.41, 5.74) is 0. The van der Waals surface area contributed by atoms with Gasteiger partial charge in [-0.25, -0.2) is 0 Å². The minimum absolute atomic E-state index is 0.0483. The number of esters is 2. The quantitative estimate of drug-likeness (QED) is 0.0948. The Morgan fingerprint density at radius 2 is 0.848 bits per heavy atom. The lowest BCUT2D eigenvalue weighted by Crippen LogP contribution is -2.10. The predicted molar refractivity (Wildman–Crippen MR) is 136 cm³/mol. The molecule has 0 spiro atoms. The van der Waals surface area contributed by atoms with Crippen LogP contribution in [-0.2, 0) is 23.8 Å². The third-order valence-electron chi connectivity index (χ3n) is 5.97. The molecule has 0 aliphatic rings. The summed E-state index contributed by atoms with van der Waals surface area (Å²) in [6.07, 6.45) is 22.9. The molecule has 0 aromatic heterocycles. The first-order valence-corrected chi connectivity index (χ1v) is 14.1. The van der Waals surface area contributed by atoms with E-state index < -0.39 is 0 Å². The van der Waals surface area contributed by atoms with Crippen molar-refractivity contribution in [1.29, 1.82) is 0 Å². The molecule has 0 atom stereocenters. The molecule has 0 rings (SSSR count). The summed E-state index contributed by atoms with van der Waals surface area (Å²) < 4.78 is 15.6. The topological polar surface area (TPSA) is 61.8 Å². The second-order valence-electron chi connectivity index (χ2n) is 9.15. The van der Waals surface area contributed by atoms with Crippen LogP contribution in [0.3, 0.4) is 0 Å². The summed E-state index contributed by atoms with van der Waals surface area (Å²) in [5.74, 6) is -0.182. The third-order valence-corrected chi connectivity index (χ3v) is 5.97. The largest absolute Gasteiger partial charge is 0.466 e. The number of rotatable bonds is 26. The first kappa shape index (κ1) is 31.9. The van der Waals surface area contributed by atoms with Crippen molar-refractivity contribution in [1.82, 2.24) is 0 Å². The van der Waals surface area contributed by atoms with Crippen LogP contribution < -0.4 is 0 Å². The zero-order valence-electron chi connectivity index (χ0n) is 22.0. The van der Waals surface area contributed by atoms with Gasteiger partial charge in [-0.15, -0.1) is 0 Å². The molecule has 5 nitrogen and oxygen atoms in total. The Hall–Kier alpha value is -1.10. The van der Waals surface area contributed by atoms with Gasteiger partial charge in [-0.05, 0) is 26.2 Å². The number of ether oxygens (including phenoxy) is 3. The molecule has 0 heterocycles. The van der Waals surface area contributed by atoms with Gasteiger partial charge in [-0.2, -0.15) is 0 Å². The highest BCUT2D eigenvalue weighted by Gasteiger charge is 2.04. The van der Waals surface area contributed by atoms with Crippen LogP contribution in [0.1, 0.15) is 142 Å². The Balaban J connectivity index is 3.23. The molecule has 0 bridgehead atoms. The van der Waals surface area contributed by atoms with Gasteiger partial charge in [0.15, 0.2) is 0 Å². The lowest BCUT2D eigenvalue weighted by atomic mass is 10.1. The van der Waals surface area contributed by atoms with E-state index in [0.717, 1.165) is 44.9 Å². The molecule has 0 amide bonds. The van der Waals surface area contributed by atoms with E-state index >= 15 is 0 Å². The highest BCUT2D eigenvalue weighted by atomic mass is 16.6. The molecular weight excluding hydrogens is 416 g/mol. The van der Waals surface area contributed by atoms with Gasteiger partial charge in [-0.1, -0.05) is 103 Å². The fraction of sp³-hybridized carbons (Fsp3) is 0.929. The average Bonchev–Trinajstić information content (AvgIpc) is 2.81. The van der Waals surface area contributed by atoms with E-state index in [9.17, 15) is 9.59 Å². The first-order valence-electron chi connectivity index (χ1n) is 14.1. The summed E-state index contributed by atoms with van der Waals surface area (Å²) in [4.78, 5) is 23.3. The summed E-state index contributed by atoms with van der Waals surface area (Å²) in [5, 5.41) is 0. The van der Waals surface area contributed by atoms with Gasteiger partial charge >= 0.3 is 11.9 Å². The van der Waals surface area contributed by atoms with Crippen molar-refractivity contribution in [2.75, 3.05) is 26.4 Å². The first-order chi connectivity index (χ1) is 16.2. The maximum Gasteiger partial charge on any atom is 0.305 e. The lowest BCUT2D eigenvalue weighted by molar-refractivity contribution is -0.145. The van der Waals surface area contributed by atoms with Gasteiger partial charge in [-0.3, -0.25) is 9.59 Å². The Morgan fingerprint density at radius 3 is 1.30 bits per heavy atom. The van der Waals surface area contributed by atoms with Gasteiger partial charge < -0.3 is 14.2 Å². The highest BCUT2D eigenvalue weighted by Crippen LogP contribution is 2.12. The predicted octanol–water partition coefficient (Wildman–Crippen LogP) is 7.93. The zero-order valence-corrected chi connectivity index (χ0v) is 22.0. The molecule has 0 aliphatic carbocycles. The van der Waals surface area contributed by atoms with Crippen LogP contribution in [0.5, 0.6) is 0 Å². The molecule has 196 valence electrons.